The molecule has 3 amide bonds. The number of piperidine rings is 1. The third-order valence-electron chi connectivity index (χ3n) is 4.66. The van der Waals surface area contributed by atoms with E-state index in [9.17, 15) is 14.4 Å². The number of hydrogen-bond donors (Lipinski definition) is 2. The highest BCUT2D eigenvalue weighted by Crippen LogP contribution is 2.18. The van der Waals surface area contributed by atoms with Gasteiger partial charge in [0, 0.05) is 44.1 Å². The molecule has 1 saturated heterocycles. The van der Waals surface area contributed by atoms with Gasteiger partial charge in [0.1, 0.15) is 0 Å². The van der Waals surface area contributed by atoms with Gasteiger partial charge >= 0.3 is 0 Å². The molecule has 1 aliphatic rings. The summed E-state index contributed by atoms with van der Waals surface area (Å²) < 4.78 is 0. The predicted molar refractivity (Wildman–Crippen MR) is 101 cm³/mol. The number of hydrogen-bond acceptors (Lipinski definition) is 3. The Labute approximate surface area is 155 Å². The van der Waals surface area contributed by atoms with E-state index < -0.39 is 0 Å². The Morgan fingerprint density at radius 2 is 1.73 bits per heavy atom. The molecule has 6 heteroatoms. The number of carbonyl (C=O) groups excluding carboxylic acids is 3. The second-order valence-electron chi connectivity index (χ2n) is 6.67. The Hall–Kier alpha value is -2.37. The molecule has 0 bridgehead atoms. The Kier molecular flexibility index (Phi) is 8.12. The van der Waals surface area contributed by atoms with E-state index in [-0.39, 0.29) is 23.6 Å². The molecule has 0 atom stereocenters. The molecular formula is C20H29N3O3. The second kappa shape index (κ2) is 10.6. The molecule has 2 rings (SSSR count). The van der Waals surface area contributed by atoms with Crippen molar-refractivity contribution in [3.63, 3.8) is 0 Å². The van der Waals surface area contributed by atoms with Crippen LogP contribution in [0.1, 0.15) is 49.4 Å². The average Bonchev–Trinajstić information content (AvgIpc) is 2.69. The SMILES string of the molecule is CCCNC(=O)C1CCN(C(=O)CCCNC(=O)c2ccccc2)CC1. The minimum absolute atomic E-state index is 0.0239. The molecule has 0 radical (unpaired) electrons. The molecule has 0 aliphatic carbocycles. The van der Waals surface area contributed by atoms with Crippen molar-refractivity contribution >= 4 is 17.7 Å². The van der Waals surface area contributed by atoms with Crippen LogP contribution in [0.2, 0.25) is 0 Å². The van der Waals surface area contributed by atoms with E-state index in [1.54, 1.807) is 12.1 Å². The molecular weight excluding hydrogens is 330 g/mol. The first-order valence-corrected chi connectivity index (χ1v) is 9.50. The number of benzene rings is 1. The molecule has 0 spiro atoms. The summed E-state index contributed by atoms with van der Waals surface area (Å²) in [5, 5.41) is 5.77. The van der Waals surface area contributed by atoms with Gasteiger partial charge in [-0.15, -0.1) is 0 Å². The van der Waals surface area contributed by atoms with Crippen LogP contribution in [-0.4, -0.2) is 48.8 Å². The second-order valence-corrected chi connectivity index (χ2v) is 6.67. The molecule has 1 aromatic rings. The monoisotopic (exact) mass is 359 g/mol. The summed E-state index contributed by atoms with van der Waals surface area (Å²) in [6.07, 6.45) is 3.43. The van der Waals surface area contributed by atoms with Gasteiger partial charge in [-0.25, -0.2) is 0 Å². The maximum absolute atomic E-state index is 12.3. The number of carbonyl (C=O) groups is 3. The zero-order valence-electron chi connectivity index (χ0n) is 15.5. The van der Waals surface area contributed by atoms with Crippen LogP contribution in [0.4, 0.5) is 0 Å². The summed E-state index contributed by atoms with van der Waals surface area (Å²) in [7, 11) is 0. The number of amides is 3. The molecule has 26 heavy (non-hydrogen) atoms. The van der Waals surface area contributed by atoms with Crippen LogP contribution < -0.4 is 10.6 Å². The van der Waals surface area contributed by atoms with Crippen LogP contribution in [0.25, 0.3) is 0 Å². The summed E-state index contributed by atoms with van der Waals surface area (Å²) in [4.78, 5) is 38.0. The fraction of sp³-hybridized carbons (Fsp3) is 0.550. The van der Waals surface area contributed by atoms with Gasteiger partial charge in [0.25, 0.3) is 5.91 Å². The highest BCUT2D eigenvalue weighted by Gasteiger charge is 2.26. The third kappa shape index (κ3) is 6.17. The zero-order valence-corrected chi connectivity index (χ0v) is 15.5. The van der Waals surface area contributed by atoms with Crippen molar-refractivity contribution in [3.05, 3.63) is 35.9 Å². The maximum Gasteiger partial charge on any atom is 0.251 e. The molecule has 2 N–H and O–H groups in total. The summed E-state index contributed by atoms with van der Waals surface area (Å²) in [6.45, 7) is 4.50. The first-order chi connectivity index (χ1) is 12.6. The molecule has 0 aromatic heterocycles. The van der Waals surface area contributed by atoms with Gasteiger partial charge in [-0.1, -0.05) is 25.1 Å². The van der Waals surface area contributed by atoms with Gasteiger partial charge in [0.15, 0.2) is 0 Å². The summed E-state index contributed by atoms with van der Waals surface area (Å²) in [6, 6.07) is 9.05. The van der Waals surface area contributed by atoms with Crippen LogP contribution in [0.3, 0.4) is 0 Å². The van der Waals surface area contributed by atoms with Crippen molar-refractivity contribution in [2.75, 3.05) is 26.2 Å². The van der Waals surface area contributed by atoms with Crippen LogP contribution >= 0.6 is 0 Å². The number of nitrogens with one attached hydrogen (secondary N) is 2. The van der Waals surface area contributed by atoms with E-state index in [1.807, 2.05) is 30.0 Å². The van der Waals surface area contributed by atoms with E-state index in [0.717, 1.165) is 19.3 Å². The van der Waals surface area contributed by atoms with E-state index >= 15 is 0 Å². The lowest BCUT2D eigenvalue weighted by Crippen LogP contribution is -2.43. The van der Waals surface area contributed by atoms with E-state index in [1.165, 1.54) is 0 Å². The van der Waals surface area contributed by atoms with Crippen LogP contribution in [0.15, 0.2) is 30.3 Å². The molecule has 142 valence electrons. The number of likely N-dealkylation sites (tertiary alicyclic amines) is 1. The molecule has 6 nitrogen and oxygen atoms in total. The molecule has 1 aliphatic heterocycles. The molecule has 0 saturated carbocycles. The minimum atomic E-state index is -0.114. The van der Waals surface area contributed by atoms with Crippen molar-refractivity contribution in [2.45, 2.75) is 39.0 Å². The fourth-order valence-corrected chi connectivity index (χ4v) is 3.07. The van der Waals surface area contributed by atoms with Gasteiger partial charge < -0.3 is 15.5 Å². The number of nitrogens with zero attached hydrogens (tertiary/aromatic N) is 1. The Morgan fingerprint density at radius 1 is 1.04 bits per heavy atom. The van der Waals surface area contributed by atoms with Gasteiger partial charge in [-0.3, -0.25) is 14.4 Å². The summed E-state index contributed by atoms with van der Waals surface area (Å²) in [5.74, 6) is 0.127. The largest absolute Gasteiger partial charge is 0.356 e. The van der Waals surface area contributed by atoms with Crippen LogP contribution in [-0.2, 0) is 9.59 Å². The Balaban J connectivity index is 1.62. The molecule has 1 aromatic carbocycles. The highest BCUT2D eigenvalue weighted by molar-refractivity contribution is 5.94. The van der Waals surface area contributed by atoms with Crippen molar-refractivity contribution in [1.29, 1.82) is 0 Å². The standard InChI is InChI=1S/C20H29N3O3/c1-2-12-21-20(26)17-10-14-23(15-11-17)18(24)9-6-13-22-19(25)16-7-4-3-5-8-16/h3-5,7-8,17H,2,6,9-15H2,1H3,(H,21,26)(H,22,25). The minimum Gasteiger partial charge on any atom is -0.356 e. The lowest BCUT2D eigenvalue weighted by Gasteiger charge is -2.31. The predicted octanol–water partition coefficient (Wildman–Crippen LogP) is 1.96. The maximum atomic E-state index is 12.3. The van der Waals surface area contributed by atoms with Crippen LogP contribution in [0.5, 0.6) is 0 Å². The summed E-state index contributed by atoms with van der Waals surface area (Å²) >= 11 is 0. The van der Waals surface area contributed by atoms with Crippen molar-refractivity contribution in [2.24, 2.45) is 5.92 Å². The van der Waals surface area contributed by atoms with Crippen molar-refractivity contribution < 1.29 is 14.4 Å². The molecule has 0 unspecified atom stereocenters. The highest BCUT2D eigenvalue weighted by atomic mass is 16.2. The fourth-order valence-electron chi connectivity index (χ4n) is 3.07. The zero-order chi connectivity index (χ0) is 18.8. The Morgan fingerprint density at radius 3 is 2.38 bits per heavy atom. The molecule has 1 heterocycles. The molecule has 1 fully saturated rings. The third-order valence-corrected chi connectivity index (χ3v) is 4.66. The lowest BCUT2D eigenvalue weighted by molar-refractivity contribution is -0.135. The van der Waals surface area contributed by atoms with E-state index in [0.29, 0.717) is 44.6 Å². The smallest absolute Gasteiger partial charge is 0.251 e. The van der Waals surface area contributed by atoms with Gasteiger partial charge in [0.05, 0.1) is 0 Å². The Bertz CT molecular complexity index is 596. The first kappa shape index (κ1) is 19.9. The van der Waals surface area contributed by atoms with Crippen molar-refractivity contribution in [1.82, 2.24) is 15.5 Å². The summed E-state index contributed by atoms with van der Waals surface area (Å²) in [5.41, 5.74) is 0.627. The van der Waals surface area contributed by atoms with E-state index in [4.69, 9.17) is 0 Å². The lowest BCUT2D eigenvalue weighted by atomic mass is 9.95. The van der Waals surface area contributed by atoms with Gasteiger partial charge in [-0.05, 0) is 37.8 Å². The quantitative estimate of drug-likeness (QED) is 0.697. The van der Waals surface area contributed by atoms with Gasteiger partial charge in [0.2, 0.25) is 11.8 Å². The topological polar surface area (TPSA) is 78.5 Å². The van der Waals surface area contributed by atoms with Crippen molar-refractivity contribution in [3.8, 4) is 0 Å². The average molecular weight is 359 g/mol. The van der Waals surface area contributed by atoms with Crippen LogP contribution in [0, 0.1) is 5.92 Å². The van der Waals surface area contributed by atoms with E-state index in [2.05, 4.69) is 10.6 Å². The first-order valence-electron chi connectivity index (χ1n) is 9.50. The van der Waals surface area contributed by atoms with Gasteiger partial charge in [-0.2, -0.15) is 0 Å². The number of rotatable bonds is 8. The normalized spacial score (nSPS) is 14.7.